The molecule has 0 bridgehead atoms. The average molecular weight is 362 g/mol. The molecule has 20 heavy (non-hydrogen) atoms. The minimum atomic E-state index is -3.52. The third-order valence-corrected chi connectivity index (χ3v) is 7.14. The number of halogens is 1. The Morgan fingerprint density at radius 2 is 2.10 bits per heavy atom. The number of sulfonamides is 1. The van der Waals surface area contributed by atoms with Crippen LogP contribution in [0.25, 0.3) is 0 Å². The van der Waals surface area contributed by atoms with E-state index in [4.69, 9.17) is 0 Å². The van der Waals surface area contributed by atoms with Gasteiger partial charge in [-0.3, -0.25) is 0 Å². The van der Waals surface area contributed by atoms with Crippen LogP contribution in [0.2, 0.25) is 0 Å². The molecule has 6 heteroatoms. The van der Waals surface area contributed by atoms with Crippen molar-refractivity contribution in [1.82, 2.24) is 4.31 Å². The molecule has 1 saturated heterocycles. The first-order chi connectivity index (χ1) is 9.37. The molecule has 1 heterocycles. The number of rotatable bonds is 3. The van der Waals surface area contributed by atoms with Gasteiger partial charge in [-0.05, 0) is 59.8 Å². The summed E-state index contributed by atoms with van der Waals surface area (Å²) in [6, 6.07) is 3.38. The van der Waals surface area contributed by atoms with E-state index in [0.29, 0.717) is 16.6 Å². The predicted molar refractivity (Wildman–Crippen MR) is 82.0 cm³/mol. The lowest BCUT2D eigenvalue weighted by Crippen LogP contribution is -2.42. The van der Waals surface area contributed by atoms with Crippen molar-refractivity contribution in [2.75, 3.05) is 6.54 Å². The molecule has 1 unspecified atom stereocenters. The van der Waals surface area contributed by atoms with Gasteiger partial charge in [-0.1, -0.05) is 12.5 Å². The molecule has 1 aliphatic rings. The Kier molecular flexibility index (Phi) is 4.89. The minimum Gasteiger partial charge on any atom is -0.392 e. The van der Waals surface area contributed by atoms with Gasteiger partial charge in [-0.2, -0.15) is 4.31 Å². The number of hydrogen-bond acceptors (Lipinski definition) is 3. The van der Waals surface area contributed by atoms with Crippen molar-refractivity contribution >= 4 is 26.0 Å². The first-order valence-electron chi connectivity index (χ1n) is 6.79. The van der Waals surface area contributed by atoms with Gasteiger partial charge in [0.15, 0.2) is 0 Å². The van der Waals surface area contributed by atoms with Gasteiger partial charge < -0.3 is 5.11 Å². The number of nitrogens with zero attached hydrogens (tertiary/aromatic N) is 1. The number of hydrogen-bond donors (Lipinski definition) is 1. The van der Waals surface area contributed by atoms with Gasteiger partial charge in [0, 0.05) is 17.1 Å². The summed E-state index contributed by atoms with van der Waals surface area (Å²) in [5.74, 6) is 0. The summed E-state index contributed by atoms with van der Waals surface area (Å²) in [6.45, 7) is 4.19. The number of aliphatic hydroxyl groups is 1. The fraction of sp³-hybridized carbons (Fsp3) is 0.571. The van der Waals surface area contributed by atoms with Gasteiger partial charge in [0.2, 0.25) is 10.0 Å². The van der Waals surface area contributed by atoms with Crippen LogP contribution in [0.3, 0.4) is 0 Å². The van der Waals surface area contributed by atoms with E-state index in [9.17, 15) is 13.5 Å². The zero-order valence-electron chi connectivity index (χ0n) is 11.8. The lowest BCUT2D eigenvalue weighted by Gasteiger charge is -2.32. The summed E-state index contributed by atoms with van der Waals surface area (Å²) in [7, 11) is -3.52. The summed E-state index contributed by atoms with van der Waals surface area (Å²) in [5, 5.41) is 9.28. The fourth-order valence-electron chi connectivity index (χ4n) is 2.64. The van der Waals surface area contributed by atoms with Crippen LogP contribution >= 0.6 is 15.9 Å². The Balaban J connectivity index is 2.51. The van der Waals surface area contributed by atoms with Crippen molar-refractivity contribution in [3.05, 3.63) is 27.7 Å². The molecule has 4 nitrogen and oxygen atoms in total. The van der Waals surface area contributed by atoms with E-state index in [2.05, 4.69) is 15.9 Å². The van der Waals surface area contributed by atoms with Crippen molar-refractivity contribution in [3.8, 4) is 0 Å². The molecule has 1 atom stereocenters. The Labute approximate surface area is 129 Å². The molecule has 1 aromatic carbocycles. The summed E-state index contributed by atoms with van der Waals surface area (Å²) in [5.41, 5.74) is 1.44. The van der Waals surface area contributed by atoms with Gasteiger partial charge >= 0.3 is 0 Å². The van der Waals surface area contributed by atoms with Crippen LogP contribution in [0, 0.1) is 6.92 Å². The van der Waals surface area contributed by atoms with Crippen LogP contribution in [0.15, 0.2) is 21.5 Å². The third kappa shape index (κ3) is 2.93. The van der Waals surface area contributed by atoms with E-state index in [1.807, 2.05) is 13.8 Å². The highest BCUT2D eigenvalue weighted by molar-refractivity contribution is 9.10. The second kappa shape index (κ2) is 6.13. The standard InChI is InChI=1S/C14H20BrNO3S/c1-10-7-12(9-17)8-13(14(10)15)20(18,19)16-6-4-3-5-11(16)2/h7-8,11,17H,3-6,9H2,1-2H3. The quantitative estimate of drug-likeness (QED) is 0.900. The lowest BCUT2D eigenvalue weighted by molar-refractivity contribution is 0.268. The molecule has 112 valence electrons. The first kappa shape index (κ1) is 15.9. The first-order valence-corrected chi connectivity index (χ1v) is 9.03. The number of benzene rings is 1. The molecule has 0 spiro atoms. The number of aliphatic hydroxyl groups excluding tert-OH is 1. The topological polar surface area (TPSA) is 57.6 Å². The van der Waals surface area contributed by atoms with Crippen LogP contribution in [-0.2, 0) is 16.6 Å². The van der Waals surface area contributed by atoms with Crippen LogP contribution in [-0.4, -0.2) is 30.4 Å². The molecular weight excluding hydrogens is 342 g/mol. The Morgan fingerprint density at radius 3 is 2.70 bits per heavy atom. The van der Waals surface area contributed by atoms with Crippen molar-refractivity contribution in [2.24, 2.45) is 0 Å². The predicted octanol–water partition coefficient (Wildman–Crippen LogP) is 2.81. The van der Waals surface area contributed by atoms with Gasteiger partial charge in [0.05, 0.1) is 11.5 Å². The maximum Gasteiger partial charge on any atom is 0.244 e. The highest BCUT2D eigenvalue weighted by Gasteiger charge is 2.32. The molecule has 0 radical (unpaired) electrons. The minimum absolute atomic E-state index is 0.0266. The summed E-state index contributed by atoms with van der Waals surface area (Å²) in [4.78, 5) is 0.260. The molecule has 1 N–H and O–H groups in total. The molecule has 1 aliphatic heterocycles. The lowest BCUT2D eigenvalue weighted by atomic mass is 10.1. The van der Waals surface area contributed by atoms with Crippen LogP contribution in [0.4, 0.5) is 0 Å². The van der Waals surface area contributed by atoms with Gasteiger partial charge in [-0.15, -0.1) is 0 Å². The van der Waals surface area contributed by atoms with E-state index in [1.54, 1.807) is 16.4 Å². The summed E-state index contributed by atoms with van der Waals surface area (Å²) >= 11 is 3.38. The smallest absolute Gasteiger partial charge is 0.244 e. The third-order valence-electron chi connectivity index (χ3n) is 3.79. The number of piperidine rings is 1. The molecule has 2 rings (SSSR count). The van der Waals surface area contributed by atoms with Crippen molar-refractivity contribution < 1.29 is 13.5 Å². The Hall–Kier alpha value is -0.430. The van der Waals surface area contributed by atoms with E-state index < -0.39 is 10.0 Å². The average Bonchev–Trinajstić information content (AvgIpc) is 2.41. The van der Waals surface area contributed by atoms with Crippen LogP contribution in [0.5, 0.6) is 0 Å². The van der Waals surface area contributed by atoms with Crippen LogP contribution in [0.1, 0.15) is 37.3 Å². The summed E-state index contributed by atoms with van der Waals surface area (Å²) < 4.78 is 27.9. The monoisotopic (exact) mass is 361 g/mol. The highest BCUT2D eigenvalue weighted by atomic mass is 79.9. The normalized spacial score (nSPS) is 21.1. The molecule has 1 aromatic rings. The maximum absolute atomic E-state index is 12.9. The van der Waals surface area contributed by atoms with Gasteiger partial charge in [0.25, 0.3) is 0 Å². The Bertz CT molecular complexity index is 601. The van der Waals surface area contributed by atoms with E-state index >= 15 is 0 Å². The second-order valence-electron chi connectivity index (χ2n) is 5.34. The van der Waals surface area contributed by atoms with Gasteiger partial charge in [0.1, 0.15) is 0 Å². The van der Waals surface area contributed by atoms with Crippen LogP contribution < -0.4 is 0 Å². The zero-order chi connectivity index (χ0) is 14.9. The second-order valence-corrected chi connectivity index (χ2v) is 8.00. The summed E-state index contributed by atoms with van der Waals surface area (Å²) in [6.07, 6.45) is 2.87. The fourth-order valence-corrected chi connectivity index (χ4v) is 5.38. The molecule has 0 aliphatic carbocycles. The molecule has 1 fully saturated rings. The molecule has 0 amide bonds. The van der Waals surface area contributed by atoms with Crippen molar-refractivity contribution in [3.63, 3.8) is 0 Å². The molecule has 0 saturated carbocycles. The SMILES string of the molecule is Cc1cc(CO)cc(S(=O)(=O)N2CCCCC2C)c1Br. The van der Waals surface area contributed by atoms with E-state index in [0.717, 1.165) is 24.8 Å². The molecule has 0 aromatic heterocycles. The maximum atomic E-state index is 12.9. The molecular formula is C14H20BrNO3S. The van der Waals surface area contributed by atoms with Crippen molar-refractivity contribution in [1.29, 1.82) is 0 Å². The highest BCUT2D eigenvalue weighted by Crippen LogP contribution is 2.32. The van der Waals surface area contributed by atoms with E-state index in [-0.39, 0.29) is 17.5 Å². The van der Waals surface area contributed by atoms with Gasteiger partial charge in [-0.25, -0.2) is 8.42 Å². The zero-order valence-corrected chi connectivity index (χ0v) is 14.2. The van der Waals surface area contributed by atoms with Crippen molar-refractivity contribution in [2.45, 2.75) is 50.7 Å². The van der Waals surface area contributed by atoms with E-state index in [1.165, 1.54) is 0 Å². The number of aryl methyl sites for hydroxylation is 1. The Morgan fingerprint density at radius 1 is 1.40 bits per heavy atom. The largest absolute Gasteiger partial charge is 0.392 e.